The monoisotopic (exact) mass is 496 g/mol. The van der Waals surface area contributed by atoms with Gasteiger partial charge in [0, 0.05) is 11.9 Å². The van der Waals surface area contributed by atoms with E-state index in [1.807, 2.05) is 48.7 Å². The molecule has 0 radical (unpaired) electrons. The Hall–Kier alpha value is -3.33. The molecule has 0 saturated carbocycles. The zero-order chi connectivity index (χ0) is 26.0. The normalized spacial score (nSPS) is 17.8. The molecule has 35 heavy (non-hydrogen) atoms. The van der Waals surface area contributed by atoms with Gasteiger partial charge in [0.15, 0.2) is 0 Å². The van der Waals surface area contributed by atoms with E-state index in [2.05, 4.69) is 31.4 Å². The predicted octanol–water partition coefficient (Wildman–Crippen LogP) is 3.57. The number of carbonyl (C=O) groups excluding carboxylic acids is 4. The zero-order valence-corrected chi connectivity index (χ0v) is 21.8. The number of benzene rings is 2. The fraction of sp³-hybridized carbons (Fsp3) is 0.385. The topological polar surface area (TPSA) is 98.8 Å². The Labute approximate surface area is 210 Å². The summed E-state index contributed by atoms with van der Waals surface area (Å²) < 4.78 is 0. The van der Waals surface area contributed by atoms with Crippen LogP contribution in [-0.4, -0.2) is 59.9 Å². The second-order valence-corrected chi connectivity index (χ2v) is 10.6. The van der Waals surface area contributed by atoms with Crippen LogP contribution in [0.1, 0.15) is 38.8 Å². The van der Waals surface area contributed by atoms with Crippen LogP contribution in [0.5, 0.6) is 0 Å². The third-order valence-corrected chi connectivity index (χ3v) is 6.88. The SMILES string of the molecule is CSc1ccccc1NC(=O)CN(C)C(=O)CN1C(=O)NC(C)(c2ccc(C(C)(C)C)cc2)C1=O. The third-order valence-electron chi connectivity index (χ3n) is 6.08. The van der Waals surface area contributed by atoms with Crippen LogP contribution in [0.15, 0.2) is 53.4 Å². The van der Waals surface area contributed by atoms with Crippen LogP contribution in [0.25, 0.3) is 0 Å². The van der Waals surface area contributed by atoms with Crippen molar-refractivity contribution < 1.29 is 19.2 Å². The number of thioether (sulfide) groups is 1. The molecule has 1 heterocycles. The van der Waals surface area contributed by atoms with Gasteiger partial charge in [0.05, 0.1) is 12.2 Å². The number of hydrogen-bond donors (Lipinski definition) is 2. The molecule has 0 aliphatic carbocycles. The maximum absolute atomic E-state index is 13.2. The average molecular weight is 497 g/mol. The van der Waals surface area contributed by atoms with Crippen molar-refractivity contribution in [3.05, 3.63) is 59.7 Å². The van der Waals surface area contributed by atoms with Crippen LogP contribution in [0, 0.1) is 0 Å². The maximum atomic E-state index is 13.2. The molecule has 2 aromatic rings. The van der Waals surface area contributed by atoms with E-state index in [1.165, 1.54) is 23.7 Å². The van der Waals surface area contributed by atoms with Crippen molar-refractivity contribution in [3.8, 4) is 0 Å². The fourth-order valence-electron chi connectivity index (χ4n) is 3.84. The first-order chi connectivity index (χ1) is 16.4. The molecule has 1 aliphatic heterocycles. The first-order valence-electron chi connectivity index (χ1n) is 11.3. The molecule has 5 amide bonds. The van der Waals surface area contributed by atoms with E-state index in [-0.39, 0.29) is 17.9 Å². The molecule has 1 unspecified atom stereocenters. The van der Waals surface area contributed by atoms with Crippen LogP contribution in [-0.2, 0) is 25.3 Å². The molecular weight excluding hydrogens is 464 g/mol. The Bertz CT molecular complexity index is 1140. The number of anilines is 1. The lowest BCUT2D eigenvalue weighted by Gasteiger charge is -2.25. The van der Waals surface area contributed by atoms with Gasteiger partial charge in [-0.3, -0.25) is 19.3 Å². The minimum Gasteiger partial charge on any atom is -0.335 e. The summed E-state index contributed by atoms with van der Waals surface area (Å²) in [4.78, 5) is 54.1. The molecule has 0 bridgehead atoms. The number of imide groups is 1. The van der Waals surface area contributed by atoms with E-state index in [4.69, 9.17) is 0 Å². The summed E-state index contributed by atoms with van der Waals surface area (Å²) in [5.41, 5.74) is 1.08. The molecule has 186 valence electrons. The summed E-state index contributed by atoms with van der Waals surface area (Å²) in [6.45, 7) is 7.25. The van der Waals surface area contributed by atoms with E-state index in [0.717, 1.165) is 15.4 Å². The Kier molecular flexibility index (Phi) is 7.59. The third kappa shape index (κ3) is 5.67. The van der Waals surface area contributed by atoms with E-state index in [9.17, 15) is 19.2 Å². The van der Waals surface area contributed by atoms with Crippen LogP contribution < -0.4 is 10.6 Å². The van der Waals surface area contributed by atoms with Gasteiger partial charge in [0.25, 0.3) is 5.91 Å². The molecule has 2 N–H and O–H groups in total. The number of likely N-dealkylation sites (N-methyl/N-ethyl adjacent to an activating group) is 1. The fourth-order valence-corrected chi connectivity index (χ4v) is 4.39. The van der Waals surface area contributed by atoms with Gasteiger partial charge >= 0.3 is 6.03 Å². The minimum atomic E-state index is -1.27. The highest BCUT2D eigenvalue weighted by molar-refractivity contribution is 7.98. The number of rotatable bonds is 7. The summed E-state index contributed by atoms with van der Waals surface area (Å²) >= 11 is 1.50. The van der Waals surface area contributed by atoms with Crippen LogP contribution in [0.2, 0.25) is 0 Å². The van der Waals surface area contributed by atoms with Crippen LogP contribution in [0.4, 0.5) is 10.5 Å². The Balaban J connectivity index is 1.65. The van der Waals surface area contributed by atoms with Gasteiger partial charge in [0.1, 0.15) is 12.1 Å². The summed E-state index contributed by atoms with van der Waals surface area (Å²) in [7, 11) is 1.46. The van der Waals surface area contributed by atoms with Gasteiger partial charge in [-0.05, 0) is 41.9 Å². The highest BCUT2D eigenvalue weighted by Gasteiger charge is 2.49. The first-order valence-corrected chi connectivity index (χ1v) is 12.5. The Morgan fingerprint density at radius 2 is 1.71 bits per heavy atom. The molecule has 0 spiro atoms. The van der Waals surface area contributed by atoms with Crippen LogP contribution in [0.3, 0.4) is 0 Å². The van der Waals surface area contributed by atoms with Gasteiger partial charge in [-0.1, -0.05) is 57.2 Å². The zero-order valence-electron chi connectivity index (χ0n) is 21.0. The predicted molar refractivity (Wildman–Crippen MR) is 137 cm³/mol. The molecule has 9 heteroatoms. The number of nitrogens with one attached hydrogen (secondary N) is 2. The van der Waals surface area contributed by atoms with Crippen molar-refractivity contribution in [1.29, 1.82) is 0 Å². The highest BCUT2D eigenvalue weighted by atomic mass is 32.2. The van der Waals surface area contributed by atoms with Crippen LogP contribution >= 0.6 is 11.8 Å². The van der Waals surface area contributed by atoms with Gasteiger partial charge in [-0.2, -0.15) is 0 Å². The lowest BCUT2D eigenvalue weighted by atomic mass is 9.84. The van der Waals surface area contributed by atoms with E-state index in [1.54, 1.807) is 13.0 Å². The highest BCUT2D eigenvalue weighted by Crippen LogP contribution is 2.31. The van der Waals surface area contributed by atoms with Crippen molar-refractivity contribution in [2.75, 3.05) is 31.7 Å². The van der Waals surface area contributed by atoms with Crippen molar-refractivity contribution >= 4 is 41.2 Å². The average Bonchev–Trinajstić information content (AvgIpc) is 3.02. The molecular formula is C26H32N4O4S. The number of urea groups is 1. The molecule has 1 atom stereocenters. The van der Waals surface area contributed by atoms with Crippen molar-refractivity contribution in [2.45, 2.75) is 43.5 Å². The summed E-state index contributed by atoms with van der Waals surface area (Å²) in [5, 5.41) is 5.51. The van der Waals surface area contributed by atoms with Crippen molar-refractivity contribution in [1.82, 2.24) is 15.1 Å². The van der Waals surface area contributed by atoms with Gasteiger partial charge < -0.3 is 15.5 Å². The smallest absolute Gasteiger partial charge is 0.325 e. The second-order valence-electron chi connectivity index (χ2n) is 9.77. The minimum absolute atomic E-state index is 0.0465. The second kappa shape index (κ2) is 10.1. The van der Waals surface area contributed by atoms with E-state index >= 15 is 0 Å². The van der Waals surface area contributed by atoms with Gasteiger partial charge in [0.2, 0.25) is 11.8 Å². The number of carbonyl (C=O) groups is 4. The number of para-hydroxylation sites is 1. The molecule has 0 aromatic heterocycles. The Morgan fingerprint density at radius 1 is 1.09 bits per heavy atom. The Morgan fingerprint density at radius 3 is 2.31 bits per heavy atom. The molecule has 1 aliphatic rings. The van der Waals surface area contributed by atoms with Crippen molar-refractivity contribution in [3.63, 3.8) is 0 Å². The standard InChI is InChI=1S/C26H32N4O4S/c1-25(2,3)17-11-13-18(14-12-17)26(4)23(33)30(24(34)28-26)16-22(32)29(5)15-21(31)27-19-9-7-8-10-20(19)35-6/h7-14H,15-16H2,1-6H3,(H,27,31)(H,28,34). The molecule has 3 rings (SSSR count). The lowest BCUT2D eigenvalue weighted by Crippen LogP contribution is -2.45. The summed E-state index contributed by atoms with van der Waals surface area (Å²) in [6, 6.07) is 14.3. The molecule has 1 fully saturated rings. The first kappa shape index (κ1) is 26.3. The summed E-state index contributed by atoms with van der Waals surface area (Å²) in [6.07, 6.45) is 1.91. The van der Waals surface area contributed by atoms with E-state index in [0.29, 0.717) is 11.3 Å². The quantitative estimate of drug-likeness (QED) is 0.451. The maximum Gasteiger partial charge on any atom is 0.325 e. The number of amides is 5. The van der Waals surface area contributed by atoms with Crippen molar-refractivity contribution in [2.24, 2.45) is 0 Å². The molecule has 2 aromatic carbocycles. The van der Waals surface area contributed by atoms with Gasteiger partial charge in [-0.25, -0.2) is 4.79 Å². The number of hydrogen-bond acceptors (Lipinski definition) is 5. The van der Waals surface area contributed by atoms with E-state index < -0.39 is 29.9 Å². The van der Waals surface area contributed by atoms with Gasteiger partial charge in [-0.15, -0.1) is 11.8 Å². The summed E-state index contributed by atoms with van der Waals surface area (Å²) in [5.74, 6) is -1.40. The molecule has 8 nitrogen and oxygen atoms in total. The number of nitrogens with zero attached hydrogens (tertiary/aromatic N) is 2. The molecule has 1 saturated heterocycles. The lowest BCUT2D eigenvalue weighted by molar-refractivity contribution is -0.139. The largest absolute Gasteiger partial charge is 0.335 e.